The maximum atomic E-state index is 11.9. The molecule has 1 unspecified atom stereocenters. The molecular weight excluding hydrogens is 464 g/mol. The zero-order valence-corrected chi connectivity index (χ0v) is 24.2. The first kappa shape index (κ1) is 30.3. The molecular formula is C27H50O7Si. The second kappa shape index (κ2) is 14.1. The number of esters is 2. The van der Waals surface area contributed by atoms with E-state index in [4.69, 9.17) is 23.4 Å². The highest BCUT2D eigenvalue weighted by atomic mass is 28.4. The minimum atomic E-state index is -1.94. The number of ether oxygens (including phenoxy) is 4. The highest BCUT2D eigenvalue weighted by Crippen LogP contribution is 2.43. The van der Waals surface area contributed by atoms with E-state index in [9.17, 15) is 9.59 Å². The summed E-state index contributed by atoms with van der Waals surface area (Å²) in [5, 5.41) is 0.124. The summed E-state index contributed by atoms with van der Waals surface area (Å²) in [6.45, 7) is 14.2. The lowest BCUT2D eigenvalue weighted by Gasteiger charge is -2.39. The molecule has 35 heavy (non-hydrogen) atoms. The van der Waals surface area contributed by atoms with Gasteiger partial charge in [-0.2, -0.15) is 0 Å². The van der Waals surface area contributed by atoms with E-state index >= 15 is 0 Å². The molecule has 1 saturated carbocycles. The van der Waals surface area contributed by atoms with E-state index in [1.54, 1.807) is 0 Å². The average Bonchev–Trinajstić information content (AvgIpc) is 3.09. The van der Waals surface area contributed by atoms with E-state index in [-0.39, 0.29) is 47.3 Å². The van der Waals surface area contributed by atoms with Crippen molar-refractivity contribution in [1.29, 1.82) is 0 Å². The maximum absolute atomic E-state index is 11.9. The molecule has 0 aromatic heterocycles. The Balaban J connectivity index is 2.08. The standard InChI is InChI=1S/C27H50O7Si/c1-20(28)33-23-18-24(34-26-16-12-13-17-31-26)22(19-32-35(6,7)27(2,3)4)21(23)14-10-8-9-11-15-25(29)30-5/h21-24,26H,8-19H2,1-7H3/t21-,22-,23-,24-,26?/m1/s1. The Morgan fingerprint density at radius 3 is 2.31 bits per heavy atom. The van der Waals surface area contributed by atoms with Gasteiger partial charge in [-0.25, -0.2) is 0 Å². The molecule has 0 radical (unpaired) electrons. The van der Waals surface area contributed by atoms with Crippen molar-refractivity contribution in [3.05, 3.63) is 0 Å². The lowest BCUT2D eigenvalue weighted by atomic mass is 9.89. The van der Waals surface area contributed by atoms with Crippen molar-refractivity contribution in [3.63, 3.8) is 0 Å². The van der Waals surface area contributed by atoms with Gasteiger partial charge in [0, 0.05) is 44.8 Å². The molecule has 8 heteroatoms. The molecule has 2 fully saturated rings. The molecule has 0 N–H and O–H groups in total. The molecule has 1 heterocycles. The van der Waals surface area contributed by atoms with Crippen LogP contribution in [0.3, 0.4) is 0 Å². The molecule has 0 bridgehead atoms. The summed E-state index contributed by atoms with van der Waals surface area (Å²) in [6.07, 6.45) is 8.72. The number of carbonyl (C=O) groups is 2. The van der Waals surface area contributed by atoms with Crippen LogP contribution >= 0.6 is 0 Å². The zero-order chi connectivity index (χ0) is 26.1. The van der Waals surface area contributed by atoms with E-state index in [1.807, 2.05) is 0 Å². The number of methoxy groups -OCH3 is 1. The van der Waals surface area contributed by atoms with Gasteiger partial charge in [-0.1, -0.05) is 40.0 Å². The predicted molar refractivity (Wildman–Crippen MR) is 138 cm³/mol. The molecule has 1 saturated heterocycles. The predicted octanol–water partition coefficient (Wildman–Crippen LogP) is 6.00. The summed E-state index contributed by atoms with van der Waals surface area (Å²) >= 11 is 0. The number of unbranched alkanes of at least 4 members (excludes halogenated alkanes) is 3. The third-order valence-electron chi connectivity index (χ3n) is 8.09. The molecule has 5 atom stereocenters. The fourth-order valence-electron chi connectivity index (χ4n) is 4.91. The monoisotopic (exact) mass is 514 g/mol. The molecule has 0 amide bonds. The first-order valence-corrected chi connectivity index (χ1v) is 16.5. The lowest BCUT2D eigenvalue weighted by Crippen LogP contribution is -2.44. The van der Waals surface area contributed by atoms with Crippen LogP contribution in [0, 0.1) is 11.8 Å². The quantitative estimate of drug-likeness (QED) is 0.169. The van der Waals surface area contributed by atoms with Crippen molar-refractivity contribution in [2.75, 3.05) is 20.3 Å². The molecule has 2 rings (SSSR count). The van der Waals surface area contributed by atoms with Crippen LogP contribution in [0.5, 0.6) is 0 Å². The van der Waals surface area contributed by atoms with Crippen LogP contribution in [-0.2, 0) is 33.0 Å². The van der Waals surface area contributed by atoms with Gasteiger partial charge in [-0.15, -0.1) is 0 Å². The van der Waals surface area contributed by atoms with Crippen molar-refractivity contribution < 1.29 is 33.0 Å². The molecule has 0 aromatic rings. The van der Waals surface area contributed by atoms with Crippen LogP contribution in [0.15, 0.2) is 0 Å². The van der Waals surface area contributed by atoms with Gasteiger partial charge in [-0.3, -0.25) is 9.59 Å². The zero-order valence-electron chi connectivity index (χ0n) is 23.2. The Bertz CT molecular complexity index is 654. The topological polar surface area (TPSA) is 80.3 Å². The van der Waals surface area contributed by atoms with Gasteiger partial charge < -0.3 is 23.4 Å². The second-order valence-electron chi connectivity index (χ2n) is 11.8. The molecule has 7 nitrogen and oxygen atoms in total. The molecule has 1 aliphatic carbocycles. The average molecular weight is 515 g/mol. The molecule has 1 aliphatic heterocycles. The van der Waals surface area contributed by atoms with Gasteiger partial charge in [-0.05, 0) is 50.2 Å². The maximum Gasteiger partial charge on any atom is 0.305 e. The SMILES string of the molecule is COC(=O)CCCCCC[C@@H]1[C@@H](CO[Si](C)(C)C(C)(C)C)[C@H](OC2CCCCO2)C[C@H]1OC(C)=O. The van der Waals surface area contributed by atoms with E-state index in [0.717, 1.165) is 58.0 Å². The normalized spacial score (nSPS) is 27.6. The summed E-state index contributed by atoms with van der Waals surface area (Å²) in [5.41, 5.74) is 0. The Labute approximate surface area is 214 Å². The van der Waals surface area contributed by atoms with Gasteiger partial charge in [0.05, 0.1) is 13.2 Å². The Morgan fingerprint density at radius 1 is 1.00 bits per heavy atom. The van der Waals surface area contributed by atoms with Crippen molar-refractivity contribution in [1.82, 2.24) is 0 Å². The van der Waals surface area contributed by atoms with Crippen LogP contribution in [0.25, 0.3) is 0 Å². The Hall–Kier alpha value is -0.963. The minimum Gasteiger partial charge on any atom is -0.469 e. The van der Waals surface area contributed by atoms with E-state index in [2.05, 4.69) is 33.9 Å². The van der Waals surface area contributed by atoms with E-state index < -0.39 is 8.32 Å². The molecule has 0 spiro atoms. The molecule has 204 valence electrons. The van der Waals surface area contributed by atoms with Gasteiger partial charge in [0.2, 0.25) is 0 Å². The number of rotatable bonds is 13. The first-order valence-electron chi connectivity index (χ1n) is 13.6. The van der Waals surface area contributed by atoms with Gasteiger partial charge >= 0.3 is 11.9 Å². The fourth-order valence-corrected chi connectivity index (χ4v) is 5.95. The highest BCUT2D eigenvalue weighted by Gasteiger charge is 2.48. The number of hydrogen-bond acceptors (Lipinski definition) is 7. The largest absolute Gasteiger partial charge is 0.469 e. The second-order valence-corrected chi connectivity index (χ2v) is 16.6. The van der Waals surface area contributed by atoms with Gasteiger partial charge in [0.15, 0.2) is 14.6 Å². The Kier molecular flexibility index (Phi) is 12.2. The van der Waals surface area contributed by atoms with Crippen LogP contribution < -0.4 is 0 Å². The smallest absolute Gasteiger partial charge is 0.305 e. The third kappa shape index (κ3) is 9.78. The van der Waals surface area contributed by atoms with Crippen LogP contribution in [0.4, 0.5) is 0 Å². The van der Waals surface area contributed by atoms with Crippen molar-refractivity contribution >= 4 is 20.3 Å². The van der Waals surface area contributed by atoms with Crippen molar-refractivity contribution in [2.45, 2.75) is 129 Å². The van der Waals surface area contributed by atoms with Crippen LogP contribution in [0.2, 0.25) is 18.1 Å². The van der Waals surface area contributed by atoms with Gasteiger partial charge in [0.1, 0.15) is 6.10 Å². The van der Waals surface area contributed by atoms with Crippen LogP contribution in [-0.4, -0.2) is 59.1 Å². The third-order valence-corrected chi connectivity index (χ3v) is 12.6. The summed E-state index contributed by atoms with van der Waals surface area (Å²) < 4.78 is 29.7. The van der Waals surface area contributed by atoms with Crippen molar-refractivity contribution in [3.8, 4) is 0 Å². The number of carbonyl (C=O) groups excluding carboxylic acids is 2. The van der Waals surface area contributed by atoms with Gasteiger partial charge in [0.25, 0.3) is 0 Å². The highest BCUT2D eigenvalue weighted by molar-refractivity contribution is 6.74. The summed E-state index contributed by atoms with van der Waals surface area (Å²) in [5.74, 6) is -0.0351. The summed E-state index contributed by atoms with van der Waals surface area (Å²) in [4.78, 5) is 23.3. The van der Waals surface area contributed by atoms with E-state index in [1.165, 1.54) is 14.0 Å². The first-order chi connectivity index (χ1) is 16.4. The molecule has 2 aliphatic rings. The fraction of sp³-hybridized carbons (Fsp3) is 0.926. The summed E-state index contributed by atoms with van der Waals surface area (Å²) in [7, 11) is -0.509. The van der Waals surface area contributed by atoms with Crippen molar-refractivity contribution in [2.24, 2.45) is 11.8 Å². The summed E-state index contributed by atoms with van der Waals surface area (Å²) in [6, 6.07) is 0. The van der Waals surface area contributed by atoms with E-state index in [0.29, 0.717) is 19.4 Å². The lowest BCUT2D eigenvalue weighted by molar-refractivity contribution is -0.198. The molecule has 0 aromatic carbocycles. The van der Waals surface area contributed by atoms with Crippen LogP contribution in [0.1, 0.15) is 91.9 Å². The Morgan fingerprint density at radius 2 is 1.71 bits per heavy atom. The minimum absolute atomic E-state index is 0.0449. The number of hydrogen-bond donors (Lipinski definition) is 0.